The molecule has 0 saturated heterocycles. The molecule has 0 rings (SSSR count). The molecule has 0 aliphatic heterocycles. The first-order valence-electron chi connectivity index (χ1n) is 14.8. The van der Waals surface area contributed by atoms with E-state index >= 15 is 0 Å². The van der Waals surface area contributed by atoms with Crippen molar-refractivity contribution in [1.82, 2.24) is 0 Å². The highest BCUT2D eigenvalue weighted by Gasteiger charge is 2.97. The molecule has 42 heteroatoms. The molecule has 3 N–H and O–H groups in total. The Bertz CT molecular complexity index is 1920. The van der Waals surface area contributed by atoms with Gasteiger partial charge in [-0.05, 0) is 12.8 Å². The van der Waals surface area contributed by atoms with Crippen LogP contribution in [-0.2, 0) is 19.7 Å². The molecule has 0 amide bonds. The maximum absolute atomic E-state index is 14.5. The summed E-state index contributed by atoms with van der Waals surface area (Å²) in [7, 11) is -7.84. The van der Waals surface area contributed by atoms with Gasteiger partial charge in [0.2, 0.25) is 4.75 Å². The molecule has 7 nitrogen and oxygen atoms in total. The molecule has 0 saturated carbocycles. The molecule has 0 radical (unpaired) electrons. The molecule has 66 heavy (non-hydrogen) atoms. The van der Waals surface area contributed by atoms with Crippen LogP contribution >= 0.6 is 0 Å². The van der Waals surface area contributed by atoms with Crippen LogP contribution in [-0.4, -0.2) is 135 Å². The first kappa shape index (κ1) is 62.5. The van der Waals surface area contributed by atoms with Crippen molar-refractivity contribution in [3.8, 4) is 0 Å². The lowest BCUT2D eigenvalue weighted by atomic mass is 9.80. The van der Waals surface area contributed by atoms with E-state index in [4.69, 9.17) is 5.11 Å². The van der Waals surface area contributed by atoms with Crippen molar-refractivity contribution in [3.63, 3.8) is 0 Å². The Morgan fingerprint density at radius 3 is 0.758 bits per heavy atom. The summed E-state index contributed by atoms with van der Waals surface area (Å²) in [5.74, 6) is -138. The summed E-state index contributed by atoms with van der Waals surface area (Å²) in [4.78, 5) is 23.5. The Balaban J connectivity index is 7.64. The fraction of sp³-hybridized carbons (Fsp3) is 0.917. The number of halogens is 34. The summed E-state index contributed by atoms with van der Waals surface area (Å²) in [6.45, 7) is 0. The number of carbonyl (C=O) groups is 2. The Morgan fingerprint density at radius 2 is 0.561 bits per heavy atom. The third kappa shape index (κ3) is 8.31. The van der Waals surface area contributed by atoms with Gasteiger partial charge >= 0.3 is 107 Å². The summed E-state index contributed by atoms with van der Waals surface area (Å²) in [6.07, 6.45) is -33.0. The van der Waals surface area contributed by atoms with Gasteiger partial charge < -0.3 is 10.2 Å². The molecule has 0 fully saturated rings. The molecule has 0 aliphatic rings. The average Bonchev–Trinajstić information content (AvgIpc) is 3.06. The van der Waals surface area contributed by atoms with E-state index in [-0.39, 0.29) is 0 Å². The van der Waals surface area contributed by atoms with Crippen LogP contribution in [0.15, 0.2) is 0 Å². The molecule has 0 aliphatic carbocycles. The summed E-state index contributed by atoms with van der Waals surface area (Å²) >= 11 is 0. The normalized spacial score (nSPS) is 17.7. The lowest BCUT2D eigenvalue weighted by Gasteiger charge is -2.43. The topological polar surface area (TPSA) is 129 Å². The van der Waals surface area contributed by atoms with E-state index in [1.807, 2.05) is 0 Å². The molecule has 0 aromatic carbocycles. The van der Waals surface area contributed by atoms with Gasteiger partial charge in [-0.15, -0.1) is 0 Å². The van der Waals surface area contributed by atoms with E-state index in [1.165, 1.54) is 0 Å². The number of aliphatic carboxylic acids is 2. The minimum atomic E-state index is -9.42. The molecular formula is C24H12F34O7S. The molecule has 2 unspecified atom stereocenters. The highest BCUT2D eigenvalue weighted by molar-refractivity contribution is 7.88. The third-order valence-electron chi connectivity index (χ3n) is 8.81. The fourth-order valence-corrected chi connectivity index (χ4v) is 5.94. The minimum Gasteiger partial charge on any atom is -0.481 e. The first-order chi connectivity index (χ1) is 27.9. The maximum atomic E-state index is 14.5. The quantitative estimate of drug-likeness (QED) is 0.0727. The molecule has 0 aromatic heterocycles. The van der Waals surface area contributed by atoms with Gasteiger partial charge in [-0.25, -0.2) is 0 Å². The highest BCUT2D eigenvalue weighted by Crippen LogP contribution is 2.66. The van der Waals surface area contributed by atoms with E-state index in [0.717, 1.165) is 0 Å². The number of alkyl halides is 34. The zero-order valence-electron chi connectivity index (χ0n) is 29.1. The predicted molar refractivity (Wildman–Crippen MR) is 133 cm³/mol. The smallest absolute Gasteiger partial charge is 0.460 e. The number of carboxylic acids is 2. The Kier molecular flexibility index (Phi) is 15.4. The van der Waals surface area contributed by atoms with Crippen LogP contribution < -0.4 is 0 Å². The van der Waals surface area contributed by atoms with Gasteiger partial charge in [-0.1, -0.05) is 0 Å². The highest BCUT2D eigenvalue weighted by atomic mass is 32.2. The largest absolute Gasteiger partial charge is 0.481 e. The second kappa shape index (κ2) is 16.3. The lowest BCUT2D eigenvalue weighted by Crippen LogP contribution is -2.74. The number of hydrogen-bond donors (Lipinski definition) is 3. The van der Waals surface area contributed by atoms with E-state index in [0.29, 0.717) is 0 Å². The molecular weight excluding hydrogens is 1080 g/mol. The summed E-state index contributed by atoms with van der Waals surface area (Å²) in [5.41, 5.74) is 0. The fourth-order valence-electron chi connectivity index (χ4n) is 4.78. The summed E-state index contributed by atoms with van der Waals surface area (Å²) in [5, 5.41) is 18.3. The second-order valence-corrected chi connectivity index (χ2v) is 14.6. The van der Waals surface area contributed by atoms with Crippen molar-refractivity contribution >= 4 is 22.1 Å². The van der Waals surface area contributed by atoms with Crippen LogP contribution in [0.2, 0.25) is 0 Å². The molecule has 0 spiro atoms. The van der Waals surface area contributed by atoms with Crippen LogP contribution in [0.1, 0.15) is 25.7 Å². The van der Waals surface area contributed by atoms with E-state index in [2.05, 4.69) is 0 Å². The predicted octanol–water partition coefficient (Wildman–Crippen LogP) is 11.0. The van der Waals surface area contributed by atoms with Crippen molar-refractivity contribution in [2.24, 2.45) is 5.92 Å². The van der Waals surface area contributed by atoms with Gasteiger partial charge in [0.05, 0.1) is 5.92 Å². The summed E-state index contributed by atoms with van der Waals surface area (Å²) < 4.78 is 488. The second-order valence-electron chi connectivity index (χ2n) is 12.9. The maximum Gasteiger partial charge on any atom is 0.460 e. The van der Waals surface area contributed by atoms with Crippen molar-refractivity contribution in [1.29, 1.82) is 0 Å². The van der Waals surface area contributed by atoms with Crippen molar-refractivity contribution in [3.05, 3.63) is 0 Å². The first-order valence-corrected chi connectivity index (χ1v) is 16.2. The van der Waals surface area contributed by atoms with Crippen LogP contribution in [0.25, 0.3) is 0 Å². The average molecular weight is 1090 g/mol. The monoisotopic (exact) mass is 1090 g/mol. The van der Waals surface area contributed by atoms with Crippen LogP contribution in [0.5, 0.6) is 0 Å². The van der Waals surface area contributed by atoms with Gasteiger partial charge in [0.25, 0.3) is 10.1 Å². The van der Waals surface area contributed by atoms with Crippen LogP contribution in [0.3, 0.4) is 0 Å². The van der Waals surface area contributed by atoms with Crippen molar-refractivity contribution in [2.75, 3.05) is 0 Å². The number of rotatable bonds is 22. The van der Waals surface area contributed by atoms with E-state index in [1.54, 1.807) is 0 Å². The Labute approximate surface area is 336 Å². The molecule has 394 valence electrons. The Hall–Kier alpha value is -3.53. The molecule has 2 atom stereocenters. The van der Waals surface area contributed by atoms with Gasteiger partial charge in [0.15, 0.2) is 0 Å². The standard InChI is InChI=1S/C24H12F34O7S/c25-9(26,11(29,30)13(33,34)15(37,38)17(41,42)19(45,46)21(49,50)23(53,54)55)2-1-5(6(59)60)8(7(61)62,66(63,64)65)3-4-10(27,28)12(31,32)14(35,36)16(39,40)18(43,44)20(47,48)22(51,52)24(56,57)58/h5H,1-4H2,(H,59,60)(H,61,62)(H,63,64,65). The minimum absolute atomic E-state index is 3.71. The van der Waals surface area contributed by atoms with Gasteiger partial charge in [0.1, 0.15) is 0 Å². The van der Waals surface area contributed by atoms with Gasteiger partial charge in [-0.2, -0.15) is 158 Å². The molecule has 0 bridgehead atoms. The zero-order chi connectivity index (χ0) is 54.6. The van der Waals surface area contributed by atoms with Gasteiger partial charge in [0, 0.05) is 12.8 Å². The van der Waals surface area contributed by atoms with Crippen molar-refractivity contribution < 1.29 is 182 Å². The van der Waals surface area contributed by atoms with Crippen molar-refractivity contribution in [2.45, 2.75) is 126 Å². The number of carboxylic acid groups (broad SMARTS) is 2. The van der Waals surface area contributed by atoms with Crippen LogP contribution in [0.4, 0.5) is 149 Å². The lowest BCUT2D eigenvalue weighted by molar-refractivity contribution is -0.462. The Morgan fingerprint density at radius 1 is 0.348 bits per heavy atom. The van der Waals surface area contributed by atoms with Crippen LogP contribution in [0, 0.1) is 5.92 Å². The van der Waals surface area contributed by atoms with E-state index in [9.17, 15) is 177 Å². The van der Waals surface area contributed by atoms with E-state index < -0.39 is 154 Å². The SMILES string of the molecule is O=C(O)C(CCC(F)(F)C(F)(F)C(F)(F)C(F)(F)C(F)(F)C(F)(F)C(F)(F)C(F)(F)F)C(CCC(F)(F)C(F)(F)C(F)(F)C(F)(F)C(F)(F)C(F)(F)C(F)(F)C(F)(F)F)(C(=O)O)S(=O)(=O)O. The molecule has 0 heterocycles. The number of hydrogen-bond acceptors (Lipinski definition) is 4. The third-order valence-corrected chi connectivity index (χ3v) is 10.4. The van der Waals surface area contributed by atoms with Gasteiger partial charge in [-0.3, -0.25) is 14.1 Å². The summed E-state index contributed by atoms with van der Waals surface area (Å²) in [6, 6.07) is 0. The zero-order valence-corrected chi connectivity index (χ0v) is 30.0. The molecule has 0 aromatic rings.